The number of carbonyl (C=O) groups is 1. The summed E-state index contributed by atoms with van der Waals surface area (Å²) < 4.78 is 43.1. The van der Waals surface area contributed by atoms with E-state index in [4.69, 9.17) is 4.18 Å². The number of rotatable bonds is 3. The number of benzene rings is 2. The average molecular weight is 335 g/mol. The predicted molar refractivity (Wildman–Crippen MR) is 82.3 cm³/mol. The van der Waals surface area contributed by atoms with Gasteiger partial charge in [0.25, 0.3) is 0 Å². The summed E-state index contributed by atoms with van der Waals surface area (Å²) in [6.45, 7) is 1.57. The summed E-state index contributed by atoms with van der Waals surface area (Å²) >= 11 is 0. The third kappa shape index (κ3) is 3.19. The Balaban J connectivity index is 1.92. The molecular formula is C16H14FNO4S. The van der Waals surface area contributed by atoms with Gasteiger partial charge in [0.05, 0.1) is 0 Å². The topological polar surface area (TPSA) is 72.5 Å². The van der Waals surface area contributed by atoms with E-state index in [9.17, 15) is 17.6 Å². The summed E-state index contributed by atoms with van der Waals surface area (Å²) in [6, 6.07) is 8.13. The van der Waals surface area contributed by atoms with Crippen molar-refractivity contribution in [1.82, 2.24) is 0 Å². The standard InChI is InChI=1S/C16H14FNO4S/c1-10-2-4-12(17)9-15(10)23(20,21)22-13-5-6-14-11(8-13)3-7-16(19)18-14/h2,4-6,8-9H,3,7H2,1H3,(H,18,19). The quantitative estimate of drug-likeness (QED) is 0.876. The van der Waals surface area contributed by atoms with E-state index in [1.165, 1.54) is 18.2 Å². The molecule has 2 aromatic carbocycles. The van der Waals surface area contributed by atoms with Crippen molar-refractivity contribution in [3.8, 4) is 5.75 Å². The van der Waals surface area contributed by atoms with E-state index in [1.807, 2.05) is 0 Å². The molecule has 0 atom stereocenters. The number of hydrogen-bond donors (Lipinski definition) is 1. The van der Waals surface area contributed by atoms with Crippen LogP contribution in [0.25, 0.3) is 0 Å². The molecule has 3 rings (SSSR count). The monoisotopic (exact) mass is 335 g/mol. The first kappa shape index (κ1) is 15.5. The molecule has 1 aliphatic heterocycles. The van der Waals surface area contributed by atoms with Crippen LogP contribution >= 0.6 is 0 Å². The van der Waals surface area contributed by atoms with Crippen molar-refractivity contribution in [3.63, 3.8) is 0 Å². The van der Waals surface area contributed by atoms with Crippen LogP contribution in [-0.2, 0) is 21.3 Å². The first-order valence-electron chi connectivity index (χ1n) is 6.98. The predicted octanol–water partition coefficient (Wildman–Crippen LogP) is 2.79. The normalized spacial score (nSPS) is 14.1. The zero-order chi connectivity index (χ0) is 16.6. The minimum absolute atomic E-state index is 0.0748. The van der Waals surface area contributed by atoms with Crippen LogP contribution < -0.4 is 9.50 Å². The number of fused-ring (bicyclic) bond motifs is 1. The lowest BCUT2D eigenvalue weighted by molar-refractivity contribution is -0.116. The van der Waals surface area contributed by atoms with E-state index in [0.29, 0.717) is 24.1 Å². The SMILES string of the molecule is Cc1ccc(F)cc1S(=O)(=O)Oc1ccc2c(c1)CCC(=O)N2. The zero-order valence-corrected chi connectivity index (χ0v) is 13.1. The smallest absolute Gasteiger partial charge is 0.339 e. The summed E-state index contributed by atoms with van der Waals surface area (Å²) in [5.41, 5.74) is 1.85. The van der Waals surface area contributed by atoms with Crippen LogP contribution in [0, 0.1) is 12.7 Å². The van der Waals surface area contributed by atoms with Gasteiger partial charge in [-0.25, -0.2) is 4.39 Å². The van der Waals surface area contributed by atoms with Gasteiger partial charge in [0.15, 0.2) is 0 Å². The Kier molecular flexibility index (Phi) is 3.81. The fraction of sp³-hybridized carbons (Fsp3) is 0.188. The third-order valence-electron chi connectivity index (χ3n) is 3.60. The number of halogens is 1. The Morgan fingerprint density at radius 3 is 2.70 bits per heavy atom. The van der Waals surface area contributed by atoms with Gasteiger partial charge in [0, 0.05) is 12.1 Å². The van der Waals surface area contributed by atoms with Crippen molar-refractivity contribution in [2.75, 3.05) is 5.32 Å². The highest BCUT2D eigenvalue weighted by Crippen LogP contribution is 2.29. The second kappa shape index (κ2) is 5.66. The van der Waals surface area contributed by atoms with Crippen molar-refractivity contribution in [2.45, 2.75) is 24.7 Å². The van der Waals surface area contributed by atoms with Crippen LogP contribution in [0.15, 0.2) is 41.3 Å². The van der Waals surface area contributed by atoms with E-state index >= 15 is 0 Å². The van der Waals surface area contributed by atoms with Crippen molar-refractivity contribution < 1.29 is 21.8 Å². The molecular weight excluding hydrogens is 321 g/mol. The molecule has 0 aliphatic carbocycles. The second-order valence-corrected chi connectivity index (χ2v) is 6.83. The van der Waals surface area contributed by atoms with Crippen LogP contribution in [0.5, 0.6) is 5.75 Å². The van der Waals surface area contributed by atoms with Crippen molar-refractivity contribution in [3.05, 3.63) is 53.3 Å². The van der Waals surface area contributed by atoms with Gasteiger partial charge in [-0.2, -0.15) is 8.42 Å². The molecule has 1 aliphatic rings. The first-order valence-corrected chi connectivity index (χ1v) is 8.39. The number of aryl methyl sites for hydroxylation is 2. The van der Waals surface area contributed by atoms with E-state index in [0.717, 1.165) is 11.6 Å². The fourth-order valence-corrected chi connectivity index (χ4v) is 3.59. The largest absolute Gasteiger partial charge is 0.379 e. The Morgan fingerprint density at radius 1 is 1.13 bits per heavy atom. The lowest BCUT2D eigenvalue weighted by atomic mass is 10.0. The Bertz CT molecular complexity index is 893. The van der Waals surface area contributed by atoms with E-state index in [2.05, 4.69) is 5.32 Å². The molecule has 0 saturated carbocycles. The van der Waals surface area contributed by atoms with Crippen molar-refractivity contribution >= 4 is 21.7 Å². The molecule has 0 spiro atoms. The maximum absolute atomic E-state index is 13.3. The summed E-state index contributed by atoms with van der Waals surface area (Å²) in [5, 5.41) is 2.70. The highest BCUT2D eigenvalue weighted by molar-refractivity contribution is 7.87. The molecule has 1 N–H and O–H groups in total. The van der Waals surface area contributed by atoms with Gasteiger partial charge < -0.3 is 9.50 Å². The van der Waals surface area contributed by atoms with Crippen LogP contribution in [0.1, 0.15) is 17.5 Å². The van der Waals surface area contributed by atoms with Crippen LogP contribution in [0.4, 0.5) is 10.1 Å². The maximum Gasteiger partial charge on any atom is 0.339 e. The van der Waals surface area contributed by atoms with E-state index in [-0.39, 0.29) is 16.6 Å². The molecule has 0 saturated heterocycles. The summed E-state index contributed by atoms with van der Waals surface area (Å²) in [5.74, 6) is -0.594. The molecule has 0 fully saturated rings. The minimum Gasteiger partial charge on any atom is -0.379 e. The minimum atomic E-state index is -4.13. The van der Waals surface area contributed by atoms with Gasteiger partial charge in [-0.1, -0.05) is 6.07 Å². The van der Waals surface area contributed by atoms with Crippen LogP contribution in [0.3, 0.4) is 0 Å². The van der Waals surface area contributed by atoms with Crippen LogP contribution in [-0.4, -0.2) is 14.3 Å². The molecule has 0 radical (unpaired) electrons. The lowest BCUT2D eigenvalue weighted by Gasteiger charge is -2.17. The first-order chi connectivity index (χ1) is 10.8. The molecule has 23 heavy (non-hydrogen) atoms. The van der Waals surface area contributed by atoms with Crippen LogP contribution in [0.2, 0.25) is 0 Å². The van der Waals surface area contributed by atoms with Gasteiger partial charge in [0.2, 0.25) is 5.91 Å². The van der Waals surface area contributed by atoms with Gasteiger partial charge in [-0.15, -0.1) is 0 Å². The summed E-state index contributed by atoms with van der Waals surface area (Å²) in [6.07, 6.45) is 0.851. The van der Waals surface area contributed by atoms with Crippen molar-refractivity contribution in [2.24, 2.45) is 0 Å². The highest BCUT2D eigenvalue weighted by Gasteiger charge is 2.22. The van der Waals surface area contributed by atoms with E-state index in [1.54, 1.807) is 19.1 Å². The zero-order valence-electron chi connectivity index (χ0n) is 12.3. The summed E-state index contributed by atoms with van der Waals surface area (Å²) in [4.78, 5) is 11.1. The Morgan fingerprint density at radius 2 is 1.91 bits per heavy atom. The fourth-order valence-electron chi connectivity index (χ4n) is 2.43. The van der Waals surface area contributed by atoms with Crippen molar-refractivity contribution in [1.29, 1.82) is 0 Å². The molecule has 0 aromatic heterocycles. The average Bonchev–Trinajstić information content (AvgIpc) is 2.49. The number of hydrogen-bond acceptors (Lipinski definition) is 4. The number of carbonyl (C=O) groups excluding carboxylic acids is 1. The molecule has 0 bridgehead atoms. The molecule has 0 unspecified atom stereocenters. The number of amides is 1. The van der Waals surface area contributed by atoms with Gasteiger partial charge in [0.1, 0.15) is 16.5 Å². The van der Waals surface area contributed by atoms with E-state index < -0.39 is 15.9 Å². The van der Waals surface area contributed by atoms with Gasteiger partial charge >= 0.3 is 10.1 Å². The maximum atomic E-state index is 13.3. The molecule has 120 valence electrons. The number of nitrogens with one attached hydrogen (secondary N) is 1. The Hall–Kier alpha value is -2.41. The van der Waals surface area contributed by atoms with Gasteiger partial charge in [-0.05, 0) is 54.8 Å². The van der Waals surface area contributed by atoms with Gasteiger partial charge in [-0.3, -0.25) is 4.79 Å². The molecule has 1 amide bonds. The summed E-state index contributed by atoms with van der Waals surface area (Å²) in [7, 11) is -4.13. The highest BCUT2D eigenvalue weighted by atomic mass is 32.2. The lowest BCUT2D eigenvalue weighted by Crippen LogP contribution is -2.19. The molecule has 2 aromatic rings. The molecule has 7 heteroatoms. The molecule has 1 heterocycles. The second-order valence-electron chi connectivity index (χ2n) is 5.31. The molecule has 5 nitrogen and oxygen atoms in total. The Labute approximate surface area is 133 Å². The third-order valence-corrected chi connectivity index (χ3v) is 4.99. The number of anilines is 1.